The van der Waals surface area contributed by atoms with Crippen LogP contribution in [0.1, 0.15) is 5.56 Å². The van der Waals surface area contributed by atoms with Crippen molar-refractivity contribution in [1.82, 2.24) is 14.1 Å². The van der Waals surface area contributed by atoms with E-state index in [2.05, 4.69) is 4.98 Å². The van der Waals surface area contributed by atoms with E-state index in [-0.39, 0.29) is 0 Å². The van der Waals surface area contributed by atoms with Gasteiger partial charge in [0.2, 0.25) is 0 Å². The lowest BCUT2D eigenvalue weighted by Crippen LogP contribution is -2.40. The van der Waals surface area contributed by atoms with Crippen LogP contribution in [0.4, 0.5) is 0 Å². The maximum absolute atomic E-state index is 12.2. The van der Waals surface area contributed by atoms with Crippen molar-refractivity contribution in [3.63, 3.8) is 0 Å². The summed E-state index contributed by atoms with van der Waals surface area (Å²) in [6.45, 7) is 1.79. The third kappa shape index (κ3) is 2.46. The summed E-state index contributed by atoms with van der Waals surface area (Å²) >= 11 is 7.12. The number of aryl methyl sites for hydroxylation is 1. The van der Waals surface area contributed by atoms with Gasteiger partial charge in [0.15, 0.2) is 5.16 Å². The SMILES string of the molecule is CSc1nc(=O)n(-c2ccc(Cl)cc2C)c(=O)n1C. The molecule has 0 saturated heterocycles. The molecule has 0 N–H and O–H groups in total. The number of aromatic nitrogens is 3. The first-order valence-electron chi connectivity index (χ1n) is 5.46. The second-order valence-electron chi connectivity index (χ2n) is 3.99. The van der Waals surface area contributed by atoms with Crippen molar-refractivity contribution >= 4 is 23.4 Å². The number of hydrogen-bond acceptors (Lipinski definition) is 4. The van der Waals surface area contributed by atoms with E-state index in [1.165, 1.54) is 16.3 Å². The Morgan fingerprint density at radius 1 is 1.32 bits per heavy atom. The molecule has 2 aromatic rings. The van der Waals surface area contributed by atoms with Crippen LogP contribution in [-0.2, 0) is 7.05 Å². The third-order valence-corrected chi connectivity index (χ3v) is 3.70. The molecule has 19 heavy (non-hydrogen) atoms. The molecule has 0 saturated carbocycles. The molecule has 7 heteroatoms. The normalized spacial score (nSPS) is 10.7. The monoisotopic (exact) mass is 297 g/mol. The standard InChI is InChI=1S/C12H12ClN3O2S/c1-7-6-8(13)4-5-9(7)16-10(17)14-11(19-3)15(2)12(16)18/h4-6H,1-3H3. The van der Waals surface area contributed by atoms with Crippen molar-refractivity contribution in [2.24, 2.45) is 7.05 Å². The van der Waals surface area contributed by atoms with Gasteiger partial charge < -0.3 is 0 Å². The molecule has 0 aliphatic heterocycles. The smallest absolute Gasteiger partial charge is 0.275 e. The Bertz CT molecular complexity index is 752. The van der Waals surface area contributed by atoms with Crippen LogP contribution in [0.2, 0.25) is 5.02 Å². The molecule has 1 heterocycles. The predicted octanol–water partition coefficient (Wildman–Crippen LogP) is 1.61. The van der Waals surface area contributed by atoms with E-state index in [1.807, 2.05) is 0 Å². The molecule has 0 atom stereocenters. The molecule has 0 radical (unpaired) electrons. The van der Waals surface area contributed by atoms with Gasteiger partial charge in [-0.1, -0.05) is 23.4 Å². The van der Waals surface area contributed by atoms with Gasteiger partial charge in [0.05, 0.1) is 5.69 Å². The Labute approximate surface area is 118 Å². The summed E-state index contributed by atoms with van der Waals surface area (Å²) in [5, 5.41) is 0.942. The Kier molecular flexibility index (Phi) is 3.82. The molecule has 1 aromatic carbocycles. The summed E-state index contributed by atoms with van der Waals surface area (Å²) in [5.41, 5.74) is 0.230. The third-order valence-electron chi connectivity index (χ3n) is 2.73. The summed E-state index contributed by atoms with van der Waals surface area (Å²) in [7, 11) is 1.59. The van der Waals surface area contributed by atoms with Gasteiger partial charge in [-0.15, -0.1) is 0 Å². The van der Waals surface area contributed by atoms with Crippen LogP contribution in [0.15, 0.2) is 32.9 Å². The second-order valence-corrected chi connectivity index (χ2v) is 5.20. The van der Waals surface area contributed by atoms with E-state index in [1.54, 1.807) is 38.4 Å². The first kappa shape index (κ1) is 13.9. The predicted molar refractivity (Wildman–Crippen MR) is 76.6 cm³/mol. The molecule has 0 amide bonds. The highest BCUT2D eigenvalue weighted by atomic mass is 35.5. The van der Waals surface area contributed by atoms with Crippen LogP contribution >= 0.6 is 23.4 Å². The molecule has 0 aliphatic carbocycles. The van der Waals surface area contributed by atoms with Gasteiger partial charge in [-0.2, -0.15) is 4.98 Å². The molecule has 0 fully saturated rings. The summed E-state index contributed by atoms with van der Waals surface area (Å²) in [6, 6.07) is 4.98. The molecular weight excluding hydrogens is 286 g/mol. The van der Waals surface area contributed by atoms with Crippen LogP contribution in [0, 0.1) is 6.92 Å². The van der Waals surface area contributed by atoms with Gasteiger partial charge in [0.25, 0.3) is 0 Å². The molecule has 100 valence electrons. The van der Waals surface area contributed by atoms with Crippen molar-refractivity contribution in [1.29, 1.82) is 0 Å². The Morgan fingerprint density at radius 2 is 2.00 bits per heavy atom. The average Bonchev–Trinajstić information content (AvgIpc) is 2.36. The number of thioether (sulfide) groups is 1. The van der Waals surface area contributed by atoms with Gasteiger partial charge in [-0.25, -0.2) is 14.2 Å². The number of rotatable bonds is 2. The van der Waals surface area contributed by atoms with Gasteiger partial charge in [0.1, 0.15) is 0 Å². The van der Waals surface area contributed by atoms with Gasteiger partial charge in [-0.05, 0) is 36.9 Å². The van der Waals surface area contributed by atoms with E-state index in [0.717, 1.165) is 10.1 Å². The minimum Gasteiger partial charge on any atom is -0.275 e. The molecule has 5 nitrogen and oxygen atoms in total. The Morgan fingerprint density at radius 3 is 2.58 bits per heavy atom. The van der Waals surface area contributed by atoms with Crippen LogP contribution in [0.5, 0.6) is 0 Å². The van der Waals surface area contributed by atoms with Gasteiger partial charge in [0, 0.05) is 12.1 Å². The zero-order chi connectivity index (χ0) is 14.2. The number of halogens is 1. The fourth-order valence-corrected chi connectivity index (χ4v) is 2.53. The minimum atomic E-state index is -0.585. The van der Waals surface area contributed by atoms with E-state index >= 15 is 0 Å². The lowest BCUT2D eigenvalue weighted by Gasteiger charge is -2.11. The fourth-order valence-electron chi connectivity index (χ4n) is 1.78. The number of hydrogen-bond donors (Lipinski definition) is 0. The summed E-state index contributed by atoms with van der Waals surface area (Å²) in [6.07, 6.45) is 1.76. The molecular formula is C12H12ClN3O2S. The number of benzene rings is 1. The quantitative estimate of drug-likeness (QED) is 0.790. The first-order valence-corrected chi connectivity index (χ1v) is 7.06. The van der Waals surface area contributed by atoms with E-state index in [0.29, 0.717) is 15.9 Å². The zero-order valence-electron chi connectivity index (χ0n) is 10.7. The molecule has 0 spiro atoms. The topological polar surface area (TPSA) is 56.9 Å². The highest BCUT2D eigenvalue weighted by Gasteiger charge is 2.13. The van der Waals surface area contributed by atoms with Crippen LogP contribution < -0.4 is 11.4 Å². The summed E-state index contributed by atoms with van der Waals surface area (Å²) in [5.74, 6) is 0. The molecule has 1 aromatic heterocycles. The van der Waals surface area contributed by atoms with E-state index in [9.17, 15) is 9.59 Å². The maximum Gasteiger partial charge on any atom is 0.358 e. The lowest BCUT2D eigenvalue weighted by atomic mass is 10.2. The molecule has 0 bridgehead atoms. The Hall–Kier alpha value is -1.53. The van der Waals surface area contributed by atoms with Gasteiger partial charge in [-0.3, -0.25) is 4.57 Å². The van der Waals surface area contributed by atoms with Crippen LogP contribution in [0.25, 0.3) is 5.69 Å². The lowest BCUT2D eigenvalue weighted by molar-refractivity contribution is 0.612. The van der Waals surface area contributed by atoms with Crippen LogP contribution in [-0.4, -0.2) is 20.4 Å². The minimum absolute atomic E-state index is 0.387. The van der Waals surface area contributed by atoms with Gasteiger partial charge >= 0.3 is 11.4 Å². The summed E-state index contributed by atoms with van der Waals surface area (Å²) < 4.78 is 2.39. The average molecular weight is 298 g/mol. The number of nitrogens with zero attached hydrogens (tertiary/aromatic N) is 3. The highest BCUT2D eigenvalue weighted by Crippen LogP contribution is 2.17. The zero-order valence-corrected chi connectivity index (χ0v) is 12.2. The van der Waals surface area contributed by atoms with Crippen molar-refractivity contribution < 1.29 is 0 Å². The van der Waals surface area contributed by atoms with E-state index < -0.39 is 11.4 Å². The van der Waals surface area contributed by atoms with E-state index in [4.69, 9.17) is 11.6 Å². The van der Waals surface area contributed by atoms with Crippen molar-refractivity contribution in [3.05, 3.63) is 49.8 Å². The molecule has 0 aliphatic rings. The first-order chi connectivity index (χ1) is 8.95. The molecule has 0 unspecified atom stereocenters. The second kappa shape index (κ2) is 5.22. The fraction of sp³-hybridized carbons (Fsp3) is 0.250. The van der Waals surface area contributed by atoms with Crippen molar-refractivity contribution in [2.75, 3.05) is 6.26 Å². The molecule has 2 rings (SSSR count). The summed E-state index contributed by atoms with van der Waals surface area (Å²) in [4.78, 5) is 28.1. The maximum atomic E-state index is 12.2. The van der Waals surface area contributed by atoms with Crippen LogP contribution in [0.3, 0.4) is 0 Å². The van der Waals surface area contributed by atoms with Crippen molar-refractivity contribution in [2.45, 2.75) is 12.1 Å². The highest BCUT2D eigenvalue weighted by molar-refractivity contribution is 7.98. The van der Waals surface area contributed by atoms with Crippen molar-refractivity contribution in [3.8, 4) is 5.69 Å². The largest absolute Gasteiger partial charge is 0.358 e. The Balaban J connectivity index is 2.80.